The molecule has 0 bridgehead atoms. The van der Waals surface area contributed by atoms with Gasteiger partial charge in [0.05, 0.1) is 6.04 Å². The van der Waals surface area contributed by atoms with Crippen molar-refractivity contribution < 1.29 is 19.1 Å². The van der Waals surface area contributed by atoms with Crippen LogP contribution in [0.3, 0.4) is 0 Å². The molecule has 2 atom stereocenters. The number of carboxylic acids is 1. The summed E-state index contributed by atoms with van der Waals surface area (Å²) in [6, 6.07) is 3.11. The van der Waals surface area contributed by atoms with Gasteiger partial charge in [0.25, 0.3) is 0 Å². The summed E-state index contributed by atoms with van der Waals surface area (Å²) in [5, 5.41) is 13.5. The van der Waals surface area contributed by atoms with Crippen LogP contribution in [-0.2, 0) is 4.79 Å². The van der Waals surface area contributed by atoms with E-state index >= 15 is 0 Å². The number of halogens is 1. The quantitative estimate of drug-likeness (QED) is 0.689. The van der Waals surface area contributed by atoms with Crippen molar-refractivity contribution in [1.82, 2.24) is 10.6 Å². The van der Waals surface area contributed by atoms with Gasteiger partial charge in [0.15, 0.2) is 6.04 Å². The Labute approximate surface area is 90.3 Å². The third kappa shape index (κ3) is 1.69. The molecule has 0 aromatic heterocycles. The molecule has 1 heterocycles. The highest BCUT2D eigenvalue weighted by atomic mass is 19.1. The lowest BCUT2D eigenvalue weighted by molar-refractivity contribution is -0.139. The van der Waals surface area contributed by atoms with Crippen LogP contribution in [0.25, 0.3) is 0 Å². The molecule has 1 aliphatic heterocycles. The van der Waals surface area contributed by atoms with Crippen molar-refractivity contribution in [2.45, 2.75) is 12.1 Å². The van der Waals surface area contributed by atoms with Crippen LogP contribution in [0.2, 0.25) is 0 Å². The Morgan fingerprint density at radius 1 is 1.31 bits per heavy atom. The van der Waals surface area contributed by atoms with Crippen LogP contribution in [0.1, 0.15) is 11.6 Å². The van der Waals surface area contributed by atoms with E-state index in [1.807, 2.05) is 0 Å². The first-order chi connectivity index (χ1) is 7.59. The number of hydrogen-bond donors (Lipinski definition) is 3. The molecule has 1 aromatic carbocycles. The number of carboxylic acid groups (broad SMARTS) is 1. The Kier molecular flexibility index (Phi) is 2.47. The lowest BCUT2D eigenvalue weighted by Crippen LogP contribution is -2.36. The fraction of sp³-hybridized carbons (Fsp3) is 0.200. The number of nitrogens with one attached hydrogen (secondary N) is 2. The number of amides is 2. The molecule has 3 N–H and O–H groups in total. The fourth-order valence-electron chi connectivity index (χ4n) is 1.68. The molecule has 0 saturated carbocycles. The Balaban J connectivity index is 2.36. The van der Waals surface area contributed by atoms with Crippen LogP contribution < -0.4 is 10.6 Å². The van der Waals surface area contributed by atoms with Gasteiger partial charge in [0, 0.05) is 5.56 Å². The summed E-state index contributed by atoms with van der Waals surface area (Å²) < 4.78 is 13.4. The van der Waals surface area contributed by atoms with Gasteiger partial charge in [-0.25, -0.2) is 14.0 Å². The van der Waals surface area contributed by atoms with Gasteiger partial charge in [-0.05, 0) is 6.07 Å². The second-order valence-electron chi connectivity index (χ2n) is 3.43. The van der Waals surface area contributed by atoms with E-state index in [4.69, 9.17) is 5.11 Å². The second kappa shape index (κ2) is 3.80. The van der Waals surface area contributed by atoms with E-state index in [0.717, 1.165) is 0 Å². The van der Waals surface area contributed by atoms with E-state index in [0.29, 0.717) is 0 Å². The first-order valence-electron chi connectivity index (χ1n) is 4.64. The smallest absolute Gasteiger partial charge is 0.328 e. The fourth-order valence-corrected chi connectivity index (χ4v) is 1.68. The third-order valence-electron chi connectivity index (χ3n) is 2.41. The summed E-state index contributed by atoms with van der Waals surface area (Å²) in [5.41, 5.74) is 0.160. The monoisotopic (exact) mass is 224 g/mol. The minimum Gasteiger partial charge on any atom is -0.480 e. The normalized spacial score (nSPS) is 23.7. The summed E-state index contributed by atoms with van der Waals surface area (Å²) >= 11 is 0. The molecule has 2 unspecified atom stereocenters. The number of aliphatic carboxylic acids is 1. The molecule has 6 heteroatoms. The summed E-state index contributed by atoms with van der Waals surface area (Å²) in [6.45, 7) is 0. The summed E-state index contributed by atoms with van der Waals surface area (Å²) in [5.74, 6) is -1.74. The van der Waals surface area contributed by atoms with Gasteiger partial charge in [-0.2, -0.15) is 0 Å². The standard InChI is InChI=1S/C10H9FN2O3/c11-6-4-2-1-3-5(6)7-8(9(14)15)13-10(16)12-7/h1-4,7-8H,(H,14,15)(H2,12,13,16). The molecule has 5 nitrogen and oxygen atoms in total. The first kappa shape index (κ1) is 10.4. The molecule has 0 spiro atoms. The molecule has 16 heavy (non-hydrogen) atoms. The number of carbonyl (C=O) groups is 2. The van der Waals surface area contributed by atoms with Crippen molar-refractivity contribution in [3.8, 4) is 0 Å². The molecule has 1 aliphatic rings. The van der Waals surface area contributed by atoms with Crippen molar-refractivity contribution >= 4 is 12.0 Å². The van der Waals surface area contributed by atoms with E-state index in [9.17, 15) is 14.0 Å². The zero-order chi connectivity index (χ0) is 11.7. The Morgan fingerprint density at radius 2 is 2.00 bits per heavy atom. The maximum atomic E-state index is 13.4. The van der Waals surface area contributed by atoms with Gasteiger partial charge < -0.3 is 15.7 Å². The van der Waals surface area contributed by atoms with Gasteiger partial charge in [-0.3, -0.25) is 0 Å². The average Bonchev–Trinajstić information content (AvgIpc) is 2.61. The minimum atomic E-state index is -1.20. The number of carbonyl (C=O) groups excluding carboxylic acids is 1. The van der Waals surface area contributed by atoms with Crippen LogP contribution in [0.4, 0.5) is 9.18 Å². The SMILES string of the molecule is O=C1NC(C(=O)O)C(c2ccccc2F)N1. The topological polar surface area (TPSA) is 78.4 Å². The van der Waals surface area contributed by atoms with Gasteiger partial charge in [0.2, 0.25) is 0 Å². The Hall–Kier alpha value is -2.11. The Morgan fingerprint density at radius 3 is 2.62 bits per heavy atom. The lowest BCUT2D eigenvalue weighted by atomic mass is 10.0. The van der Waals surface area contributed by atoms with Gasteiger partial charge in [-0.15, -0.1) is 0 Å². The van der Waals surface area contributed by atoms with Crippen LogP contribution in [-0.4, -0.2) is 23.1 Å². The molecular formula is C10H9FN2O3. The lowest BCUT2D eigenvalue weighted by Gasteiger charge is -2.15. The van der Waals surface area contributed by atoms with Gasteiger partial charge >= 0.3 is 12.0 Å². The largest absolute Gasteiger partial charge is 0.480 e. The maximum absolute atomic E-state index is 13.4. The van der Waals surface area contributed by atoms with E-state index in [1.165, 1.54) is 18.2 Å². The van der Waals surface area contributed by atoms with Gasteiger partial charge in [0.1, 0.15) is 5.82 Å². The molecule has 0 radical (unpaired) electrons. The molecule has 1 fully saturated rings. The molecule has 2 rings (SSSR count). The van der Waals surface area contributed by atoms with Crippen LogP contribution in [0.5, 0.6) is 0 Å². The van der Waals surface area contributed by atoms with E-state index in [2.05, 4.69) is 10.6 Å². The van der Waals surface area contributed by atoms with Crippen LogP contribution in [0, 0.1) is 5.82 Å². The molecule has 1 saturated heterocycles. The first-order valence-corrected chi connectivity index (χ1v) is 4.64. The Bertz CT molecular complexity index is 449. The summed E-state index contributed by atoms with van der Waals surface area (Å²) in [7, 11) is 0. The predicted molar refractivity (Wildman–Crippen MR) is 52.2 cm³/mol. The van der Waals surface area contributed by atoms with E-state index in [-0.39, 0.29) is 5.56 Å². The zero-order valence-corrected chi connectivity index (χ0v) is 8.11. The number of hydrogen-bond acceptors (Lipinski definition) is 2. The molecule has 84 valence electrons. The third-order valence-corrected chi connectivity index (χ3v) is 2.41. The molecule has 2 amide bonds. The average molecular weight is 224 g/mol. The highest BCUT2D eigenvalue weighted by Gasteiger charge is 2.38. The highest BCUT2D eigenvalue weighted by molar-refractivity contribution is 5.87. The van der Waals surface area contributed by atoms with E-state index in [1.54, 1.807) is 6.07 Å². The predicted octanol–water partition coefficient (Wildman–Crippen LogP) is 0.633. The van der Waals surface area contributed by atoms with Gasteiger partial charge in [-0.1, -0.05) is 18.2 Å². The minimum absolute atomic E-state index is 0.160. The van der Waals surface area contributed by atoms with Crippen molar-refractivity contribution in [1.29, 1.82) is 0 Å². The molecular weight excluding hydrogens is 215 g/mol. The number of benzene rings is 1. The highest BCUT2D eigenvalue weighted by Crippen LogP contribution is 2.23. The van der Waals surface area contributed by atoms with Crippen molar-refractivity contribution in [3.63, 3.8) is 0 Å². The number of urea groups is 1. The van der Waals surface area contributed by atoms with Crippen LogP contribution >= 0.6 is 0 Å². The number of rotatable bonds is 2. The van der Waals surface area contributed by atoms with Crippen molar-refractivity contribution in [2.24, 2.45) is 0 Å². The maximum Gasteiger partial charge on any atom is 0.328 e. The van der Waals surface area contributed by atoms with Crippen LogP contribution in [0.15, 0.2) is 24.3 Å². The summed E-state index contributed by atoms with van der Waals surface area (Å²) in [6.07, 6.45) is 0. The van der Waals surface area contributed by atoms with E-state index < -0.39 is 29.9 Å². The second-order valence-corrected chi connectivity index (χ2v) is 3.43. The zero-order valence-electron chi connectivity index (χ0n) is 8.11. The molecule has 1 aromatic rings. The molecule has 0 aliphatic carbocycles. The van der Waals surface area contributed by atoms with Crippen molar-refractivity contribution in [2.75, 3.05) is 0 Å². The summed E-state index contributed by atoms with van der Waals surface area (Å²) in [4.78, 5) is 21.9. The van der Waals surface area contributed by atoms with Crippen molar-refractivity contribution in [3.05, 3.63) is 35.6 Å².